The Labute approximate surface area is 135 Å². The van der Waals surface area contributed by atoms with Crippen molar-refractivity contribution in [3.63, 3.8) is 0 Å². The highest BCUT2D eigenvalue weighted by Gasteiger charge is 2.30. The van der Waals surface area contributed by atoms with Gasteiger partial charge >= 0.3 is 5.97 Å². The van der Waals surface area contributed by atoms with E-state index in [1.165, 1.54) is 0 Å². The standard InChI is InChI=1S/C16H22N4O3/c1-18-8-9-20(11-13(18)16(22)23)14-5-4-12(10-17-14)15(21)19-6-2-3-7-19/h4-5,10,13H,2-3,6-9,11H2,1H3,(H,22,23). The molecule has 0 radical (unpaired) electrons. The van der Waals surface area contributed by atoms with E-state index in [1.807, 2.05) is 27.8 Å². The van der Waals surface area contributed by atoms with Crippen molar-refractivity contribution in [3.8, 4) is 0 Å². The van der Waals surface area contributed by atoms with Crippen molar-refractivity contribution in [1.29, 1.82) is 0 Å². The number of nitrogens with zero attached hydrogens (tertiary/aromatic N) is 4. The number of carbonyl (C=O) groups is 2. The van der Waals surface area contributed by atoms with Gasteiger partial charge in [0.05, 0.1) is 5.56 Å². The maximum atomic E-state index is 12.3. The van der Waals surface area contributed by atoms with Crippen molar-refractivity contribution in [2.45, 2.75) is 18.9 Å². The van der Waals surface area contributed by atoms with Crippen LogP contribution >= 0.6 is 0 Å². The fraction of sp³-hybridized carbons (Fsp3) is 0.562. The number of piperazine rings is 1. The van der Waals surface area contributed by atoms with Crippen molar-refractivity contribution < 1.29 is 14.7 Å². The van der Waals surface area contributed by atoms with Crippen LogP contribution in [0.1, 0.15) is 23.2 Å². The average Bonchev–Trinajstić information content (AvgIpc) is 3.09. The van der Waals surface area contributed by atoms with Crippen LogP contribution in [0, 0.1) is 0 Å². The molecule has 2 saturated heterocycles. The second-order valence-electron chi connectivity index (χ2n) is 6.19. The number of hydrogen-bond donors (Lipinski definition) is 1. The summed E-state index contributed by atoms with van der Waals surface area (Å²) in [5.41, 5.74) is 0.597. The Hall–Kier alpha value is -2.15. The molecule has 1 aromatic rings. The van der Waals surface area contributed by atoms with Gasteiger partial charge in [-0.1, -0.05) is 0 Å². The summed E-state index contributed by atoms with van der Waals surface area (Å²) in [5.74, 6) is -0.0660. The molecule has 3 rings (SSSR count). The molecule has 2 aliphatic rings. The normalized spacial score (nSPS) is 22.4. The van der Waals surface area contributed by atoms with Crippen molar-refractivity contribution in [1.82, 2.24) is 14.8 Å². The predicted molar refractivity (Wildman–Crippen MR) is 85.6 cm³/mol. The van der Waals surface area contributed by atoms with Gasteiger partial charge < -0.3 is 14.9 Å². The summed E-state index contributed by atoms with van der Waals surface area (Å²) < 4.78 is 0. The second-order valence-corrected chi connectivity index (χ2v) is 6.19. The summed E-state index contributed by atoms with van der Waals surface area (Å²) in [6.07, 6.45) is 3.73. The Morgan fingerprint density at radius 3 is 2.52 bits per heavy atom. The van der Waals surface area contributed by atoms with Gasteiger partial charge in [-0.25, -0.2) is 4.98 Å². The van der Waals surface area contributed by atoms with Crippen LogP contribution in [0.4, 0.5) is 5.82 Å². The number of aromatic nitrogens is 1. The molecule has 0 aliphatic carbocycles. The molecule has 124 valence electrons. The third kappa shape index (κ3) is 3.29. The third-order valence-corrected chi connectivity index (χ3v) is 4.65. The molecule has 0 aromatic carbocycles. The molecule has 3 heterocycles. The first-order valence-electron chi connectivity index (χ1n) is 7.99. The highest BCUT2D eigenvalue weighted by Crippen LogP contribution is 2.18. The molecule has 7 nitrogen and oxygen atoms in total. The summed E-state index contributed by atoms with van der Waals surface area (Å²) in [6.45, 7) is 3.44. The van der Waals surface area contributed by atoms with Gasteiger partial charge in [-0.2, -0.15) is 0 Å². The number of likely N-dealkylation sites (tertiary alicyclic amines) is 1. The van der Waals surface area contributed by atoms with Gasteiger partial charge in [-0.3, -0.25) is 14.5 Å². The molecule has 23 heavy (non-hydrogen) atoms. The number of carboxylic acids is 1. The molecule has 1 aromatic heterocycles. The first-order valence-corrected chi connectivity index (χ1v) is 7.99. The maximum Gasteiger partial charge on any atom is 0.322 e. The summed E-state index contributed by atoms with van der Waals surface area (Å²) in [5, 5.41) is 9.27. The minimum atomic E-state index is -0.821. The summed E-state index contributed by atoms with van der Waals surface area (Å²) in [7, 11) is 1.82. The van der Waals surface area contributed by atoms with Crippen LogP contribution in [0.25, 0.3) is 0 Å². The SMILES string of the molecule is CN1CCN(c2ccc(C(=O)N3CCCC3)cn2)CC1C(=O)O. The van der Waals surface area contributed by atoms with Crippen LogP contribution in [0.2, 0.25) is 0 Å². The van der Waals surface area contributed by atoms with Gasteiger partial charge in [0.15, 0.2) is 0 Å². The Bertz CT molecular complexity index is 583. The highest BCUT2D eigenvalue weighted by atomic mass is 16.4. The summed E-state index contributed by atoms with van der Waals surface area (Å²) in [6, 6.07) is 3.07. The lowest BCUT2D eigenvalue weighted by atomic mass is 10.1. The number of aliphatic carboxylic acids is 1. The van der Waals surface area contributed by atoms with E-state index in [1.54, 1.807) is 12.3 Å². The van der Waals surface area contributed by atoms with E-state index in [2.05, 4.69) is 4.98 Å². The van der Waals surface area contributed by atoms with E-state index in [4.69, 9.17) is 0 Å². The fourth-order valence-electron chi connectivity index (χ4n) is 3.15. The van der Waals surface area contributed by atoms with Crippen LogP contribution in [0.15, 0.2) is 18.3 Å². The van der Waals surface area contributed by atoms with E-state index in [-0.39, 0.29) is 5.91 Å². The van der Waals surface area contributed by atoms with Crippen molar-refractivity contribution in [3.05, 3.63) is 23.9 Å². The fourth-order valence-corrected chi connectivity index (χ4v) is 3.15. The Morgan fingerprint density at radius 1 is 1.17 bits per heavy atom. The van der Waals surface area contributed by atoms with E-state index in [0.717, 1.165) is 38.3 Å². The largest absolute Gasteiger partial charge is 0.480 e. The summed E-state index contributed by atoms with van der Waals surface area (Å²) in [4.78, 5) is 33.6. The first-order chi connectivity index (χ1) is 11.1. The van der Waals surface area contributed by atoms with Crippen molar-refractivity contribution >= 4 is 17.7 Å². The van der Waals surface area contributed by atoms with Crippen LogP contribution in [-0.2, 0) is 4.79 Å². The Kier molecular flexibility index (Phi) is 4.47. The Balaban J connectivity index is 1.69. The molecule has 1 atom stereocenters. The lowest BCUT2D eigenvalue weighted by Gasteiger charge is -2.37. The van der Waals surface area contributed by atoms with Crippen molar-refractivity contribution in [2.24, 2.45) is 0 Å². The van der Waals surface area contributed by atoms with Crippen molar-refractivity contribution in [2.75, 3.05) is 44.7 Å². The molecule has 1 unspecified atom stereocenters. The number of rotatable bonds is 3. The molecule has 1 amide bonds. The molecule has 0 spiro atoms. The number of anilines is 1. The minimum Gasteiger partial charge on any atom is -0.480 e. The quantitative estimate of drug-likeness (QED) is 0.876. The lowest BCUT2D eigenvalue weighted by Crippen LogP contribution is -2.55. The first kappa shape index (κ1) is 15.7. The Morgan fingerprint density at radius 2 is 1.91 bits per heavy atom. The van der Waals surface area contributed by atoms with E-state index >= 15 is 0 Å². The summed E-state index contributed by atoms with van der Waals surface area (Å²) >= 11 is 0. The molecule has 0 saturated carbocycles. The molecule has 1 N–H and O–H groups in total. The zero-order chi connectivity index (χ0) is 16.4. The van der Waals surface area contributed by atoms with Crippen LogP contribution < -0.4 is 4.90 Å². The predicted octanol–water partition coefficient (Wildman–Crippen LogP) is 0.523. The average molecular weight is 318 g/mol. The van der Waals surface area contributed by atoms with Gasteiger partial charge in [-0.05, 0) is 32.0 Å². The van der Waals surface area contributed by atoms with Crippen LogP contribution in [0.5, 0.6) is 0 Å². The molecule has 2 fully saturated rings. The number of likely N-dealkylation sites (N-methyl/N-ethyl adjacent to an activating group) is 1. The number of pyridine rings is 1. The number of amides is 1. The zero-order valence-corrected chi connectivity index (χ0v) is 13.3. The van der Waals surface area contributed by atoms with E-state index in [9.17, 15) is 14.7 Å². The second kappa shape index (κ2) is 6.54. The number of carbonyl (C=O) groups excluding carboxylic acids is 1. The smallest absolute Gasteiger partial charge is 0.322 e. The van der Waals surface area contributed by atoms with Crippen LogP contribution in [0.3, 0.4) is 0 Å². The third-order valence-electron chi connectivity index (χ3n) is 4.65. The van der Waals surface area contributed by atoms with E-state index < -0.39 is 12.0 Å². The zero-order valence-electron chi connectivity index (χ0n) is 13.3. The molecular formula is C16H22N4O3. The number of hydrogen-bond acceptors (Lipinski definition) is 5. The topological polar surface area (TPSA) is 77.0 Å². The van der Waals surface area contributed by atoms with Gasteiger partial charge in [0.2, 0.25) is 0 Å². The van der Waals surface area contributed by atoms with Gasteiger partial charge in [0, 0.05) is 38.9 Å². The monoisotopic (exact) mass is 318 g/mol. The molecule has 2 aliphatic heterocycles. The van der Waals surface area contributed by atoms with Gasteiger partial charge in [-0.15, -0.1) is 0 Å². The highest BCUT2D eigenvalue weighted by molar-refractivity contribution is 5.94. The van der Waals surface area contributed by atoms with Gasteiger partial charge in [0.1, 0.15) is 11.9 Å². The molecular weight excluding hydrogens is 296 g/mol. The number of carboxylic acid groups (broad SMARTS) is 1. The molecule has 0 bridgehead atoms. The van der Waals surface area contributed by atoms with E-state index in [0.29, 0.717) is 18.7 Å². The van der Waals surface area contributed by atoms with Crippen LogP contribution in [-0.4, -0.2) is 77.6 Å². The van der Waals surface area contributed by atoms with Gasteiger partial charge in [0.25, 0.3) is 5.91 Å². The minimum absolute atomic E-state index is 0.0309. The maximum absolute atomic E-state index is 12.3. The lowest BCUT2D eigenvalue weighted by molar-refractivity contribution is -0.142. The molecule has 7 heteroatoms.